The van der Waals surface area contributed by atoms with Crippen LogP contribution in [0.1, 0.15) is 29.5 Å². The van der Waals surface area contributed by atoms with Crippen LogP contribution in [-0.2, 0) is 17.5 Å². The number of nitrogens with zero attached hydrogens (tertiary/aromatic N) is 3. The molecule has 2 rings (SSSR count). The van der Waals surface area contributed by atoms with Crippen molar-refractivity contribution in [2.75, 3.05) is 6.61 Å². The normalized spacial score (nSPS) is 13.7. The summed E-state index contributed by atoms with van der Waals surface area (Å²) >= 11 is 5.65. The average molecular weight is 451 g/mol. The van der Waals surface area contributed by atoms with Crippen LogP contribution in [0.15, 0.2) is 24.3 Å². The van der Waals surface area contributed by atoms with Gasteiger partial charge in [-0.1, -0.05) is 11.6 Å². The Labute approximate surface area is 173 Å². The number of nitro groups is 1. The van der Waals surface area contributed by atoms with Crippen molar-refractivity contribution in [2.45, 2.75) is 38.2 Å². The first-order valence-electron chi connectivity index (χ1n) is 8.58. The van der Waals surface area contributed by atoms with Crippen molar-refractivity contribution < 1.29 is 33.1 Å². The number of nitrogens with one attached hydrogen (secondary N) is 1. The van der Waals surface area contributed by atoms with E-state index in [4.69, 9.17) is 11.6 Å². The fraction of sp³-hybridized carbons (Fsp3) is 0.412. The molecule has 2 atom stereocenters. The molecule has 0 aliphatic heterocycles. The third-order valence-corrected chi connectivity index (χ3v) is 4.77. The molecule has 164 valence electrons. The van der Waals surface area contributed by atoms with Crippen LogP contribution >= 0.6 is 11.6 Å². The smallest absolute Gasteiger partial charge is 0.394 e. The molecule has 1 amide bonds. The number of nitro benzene ring substituents is 1. The standard InChI is InChI=1S/C17H18ClF3N4O5/c1-9-14(18)16(17(19,20)21)23-24(9)7-6-13(27)22-12(8-26)15(28)10-2-4-11(5-3-10)25(29)30/h2-5,12,15,26,28H,6-8H2,1H3,(H,22,27). The van der Waals surface area contributed by atoms with Gasteiger partial charge in [0.05, 0.1) is 34.8 Å². The second kappa shape index (κ2) is 9.41. The SMILES string of the molecule is Cc1c(Cl)c(C(F)(F)F)nn1CCC(=O)NC(CO)C(O)c1ccc([N+](=O)[O-])cc1. The highest BCUT2D eigenvalue weighted by Gasteiger charge is 2.38. The molecule has 9 nitrogen and oxygen atoms in total. The number of halogens is 4. The van der Waals surface area contributed by atoms with Gasteiger partial charge in [0.1, 0.15) is 6.10 Å². The highest BCUT2D eigenvalue weighted by molar-refractivity contribution is 6.31. The van der Waals surface area contributed by atoms with Crippen LogP contribution in [0.2, 0.25) is 5.02 Å². The van der Waals surface area contributed by atoms with Gasteiger partial charge in [0.15, 0.2) is 5.69 Å². The number of hydrogen-bond acceptors (Lipinski definition) is 6. The van der Waals surface area contributed by atoms with Gasteiger partial charge in [-0.05, 0) is 24.6 Å². The number of non-ortho nitro benzene ring substituents is 1. The third-order valence-electron chi connectivity index (χ3n) is 4.32. The highest BCUT2D eigenvalue weighted by atomic mass is 35.5. The summed E-state index contributed by atoms with van der Waals surface area (Å²) in [6.45, 7) is 0.478. The molecule has 1 aromatic carbocycles. The molecule has 0 aliphatic carbocycles. The van der Waals surface area contributed by atoms with E-state index in [0.29, 0.717) is 0 Å². The first-order valence-corrected chi connectivity index (χ1v) is 8.96. The maximum Gasteiger partial charge on any atom is 0.436 e. The van der Waals surface area contributed by atoms with Gasteiger partial charge in [-0.25, -0.2) is 0 Å². The zero-order valence-electron chi connectivity index (χ0n) is 15.6. The molecule has 0 fully saturated rings. The van der Waals surface area contributed by atoms with Crippen molar-refractivity contribution >= 4 is 23.2 Å². The summed E-state index contributed by atoms with van der Waals surface area (Å²) in [5.74, 6) is -0.658. The fourth-order valence-corrected chi connectivity index (χ4v) is 2.90. The van der Waals surface area contributed by atoms with Crippen LogP contribution in [0.25, 0.3) is 0 Å². The quantitative estimate of drug-likeness (QED) is 0.418. The van der Waals surface area contributed by atoms with Crippen molar-refractivity contribution in [2.24, 2.45) is 0 Å². The monoisotopic (exact) mass is 450 g/mol. The van der Waals surface area contributed by atoms with Gasteiger partial charge in [-0.3, -0.25) is 19.6 Å². The topological polar surface area (TPSA) is 131 Å². The minimum atomic E-state index is -4.73. The lowest BCUT2D eigenvalue weighted by Gasteiger charge is -2.22. The average Bonchev–Trinajstić information content (AvgIpc) is 2.98. The molecule has 3 N–H and O–H groups in total. The number of aromatic nitrogens is 2. The summed E-state index contributed by atoms with van der Waals surface area (Å²) in [5.41, 5.74) is -1.17. The number of amides is 1. The van der Waals surface area contributed by atoms with E-state index in [1.54, 1.807) is 0 Å². The molecule has 1 heterocycles. The molecule has 0 bridgehead atoms. The maximum atomic E-state index is 12.8. The number of rotatable bonds is 8. The van der Waals surface area contributed by atoms with Crippen LogP contribution in [-0.4, -0.2) is 43.5 Å². The summed E-state index contributed by atoms with van der Waals surface area (Å²) in [6.07, 6.45) is -6.39. The van der Waals surface area contributed by atoms with E-state index in [9.17, 15) is 38.3 Å². The summed E-state index contributed by atoms with van der Waals surface area (Å²) < 4.78 is 39.5. The van der Waals surface area contributed by atoms with Gasteiger partial charge < -0.3 is 15.5 Å². The van der Waals surface area contributed by atoms with E-state index < -0.39 is 46.5 Å². The maximum absolute atomic E-state index is 12.8. The molecule has 0 aliphatic rings. The molecule has 1 aromatic heterocycles. The summed E-state index contributed by atoms with van der Waals surface area (Å²) in [5, 5.41) is 35.7. The summed E-state index contributed by atoms with van der Waals surface area (Å²) in [7, 11) is 0. The summed E-state index contributed by atoms with van der Waals surface area (Å²) in [4.78, 5) is 22.2. The predicted octanol–water partition coefficient (Wildman–Crippen LogP) is 2.37. The van der Waals surface area contributed by atoms with Crippen LogP contribution in [0, 0.1) is 17.0 Å². The second-order valence-electron chi connectivity index (χ2n) is 6.37. The van der Waals surface area contributed by atoms with Crippen molar-refractivity contribution in [3.63, 3.8) is 0 Å². The Morgan fingerprint density at radius 2 is 1.97 bits per heavy atom. The van der Waals surface area contributed by atoms with Crippen molar-refractivity contribution in [1.82, 2.24) is 15.1 Å². The molecule has 0 spiro atoms. The Morgan fingerprint density at radius 1 is 1.37 bits per heavy atom. The Kier molecular flexibility index (Phi) is 7.39. The number of aliphatic hydroxyl groups is 2. The molecule has 0 radical (unpaired) electrons. The van der Waals surface area contributed by atoms with Crippen LogP contribution < -0.4 is 5.32 Å². The number of alkyl halides is 3. The second-order valence-corrected chi connectivity index (χ2v) is 6.75. The number of aryl methyl sites for hydroxylation is 1. The number of hydrogen-bond donors (Lipinski definition) is 3. The molecule has 13 heteroatoms. The zero-order valence-corrected chi connectivity index (χ0v) is 16.3. The first kappa shape index (κ1) is 23.6. The minimum absolute atomic E-state index is 0.0430. The van der Waals surface area contributed by atoms with Crippen molar-refractivity contribution in [3.8, 4) is 0 Å². The van der Waals surface area contributed by atoms with Gasteiger partial charge >= 0.3 is 6.18 Å². The number of benzene rings is 1. The number of aliphatic hydroxyl groups excluding tert-OH is 2. The van der Waals surface area contributed by atoms with E-state index in [-0.39, 0.29) is 29.9 Å². The summed E-state index contributed by atoms with van der Waals surface area (Å²) in [6, 6.07) is 3.76. The van der Waals surface area contributed by atoms with Gasteiger partial charge in [-0.2, -0.15) is 18.3 Å². The van der Waals surface area contributed by atoms with Crippen molar-refractivity contribution in [1.29, 1.82) is 0 Å². The lowest BCUT2D eigenvalue weighted by molar-refractivity contribution is -0.384. The van der Waals surface area contributed by atoms with E-state index in [0.717, 1.165) is 16.8 Å². The lowest BCUT2D eigenvalue weighted by atomic mass is 10.0. The Morgan fingerprint density at radius 3 is 2.43 bits per heavy atom. The Bertz CT molecular complexity index is 917. The Hall–Kier alpha value is -2.70. The van der Waals surface area contributed by atoms with Crippen LogP contribution in [0.4, 0.5) is 18.9 Å². The van der Waals surface area contributed by atoms with Gasteiger partial charge in [0.25, 0.3) is 5.69 Å². The number of carbonyl (C=O) groups is 1. The van der Waals surface area contributed by atoms with E-state index >= 15 is 0 Å². The van der Waals surface area contributed by atoms with E-state index in [1.165, 1.54) is 19.1 Å². The number of carbonyl (C=O) groups excluding carboxylic acids is 1. The molecule has 0 saturated heterocycles. The van der Waals surface area contributed by atoms with E-state index in [1.807, 2.05) is 0 Å². The largest absolute Gasteiger partial charge is 0.436 e. The third kappa shape index (κ3) is 5.46. The van der Waals surface area contributed by atoms with Gasteiger partial charge in [0.2, 0.25) is 5.91 Å². The molecule has 0 saturated carbocycles. The minimum Gasteiger partial charge on any atom is -0.394 e. The zero-order chi connectivity index (χ0) is 22.6. The van der Waals surface area contributed by atoms with Crippen LogP contribution in [0.5, 0.6) is 0 Å². The predicted molar refractivity (Wildman–Crippen MR) is 98.7 cm³/mol. The molecule has 2 aromatic rings. The first-order chi connectivity index (χ1) is 14.0. The Balaban J connectivity index is 2.01. The molecule has 2 unspecified atom stereocenters. The highest BCUT2D eigenvalue weighted by Crippen LogP contribution is 2.35. The van der Waals surface area contributed by atoms with E-state index in [2.05, 4.69) is 10.4 Å². The van der Waals surface area contributed by atoms with Gasteiger partial charge in [-0.15, -0.1) is 0 Å². The van der Waals surface area contributed by atoms with Gasteiger partial charge in [0, 0.05) is 18.6 Å². The van der Waals surface area contributed by atoms with Crippen LogP contribution in [0.3, 0.4) is 0 Å². The fourth-order valence-electron chi connectivity index (χ4n) is 2.66. The lowest BCUT2D eigenvalue weighted by Crippen LogP contribution is -2.42. The molecule has 30 heavy (non-hydrogen) atoms. The molecular formula is C17H18ClF3N4O5. The molecular weight excluding hydrogens is 433 g/mol. The van der Waals surface area contributed by atoms with Crippen molar-refractivity contribution in [3.05, 3.63) is 56.4 Å².